The average Bonchev–Trinajstić information content (AvgIpc) is 3.26. The SMILES string of the molecule is COC(=O)C(Br)CNC(=O)C1(c2ccccc2)CC1. The summed E-state index contributed by atoms with van der Waals surface area (Å²) in [6.07, 6.45) is 1.71. The topological polar surface area (TPSA) is 55.4 Å². The number of nitrogens with one attached hydrogen (secondary N) is 1. The molecule has 1 aliphatic carbocycles. The van der Waals surface area contributed by atoms with Crippen molar-refractivity contribution in [3.05, 3.63) is 35.9 Å². The predicted molar refractivity (Wildman–Crippen MR) is 75.1 cm³/mol. The van der Waals surface area contributed by atoms with Crippen molar-refractivity contribution >= 4 is 27.8 Å². The minimum Gasteiger partial charge on any atom is -0.468 e. The van der Waals surface area contributed by atoms with Crippen LogP contribution in [0.15, 0.2) is 30.3 Å². The van der Waals surface area contributed by atoms with Gasteiger partial charge in [-0.25, -0.2) is 0 Å². The van der Waals surface area contributed by atoms with Crippen molar-refractivity contribution in [3.63, 3.8) is 0 Å². The Labute approximate surface area is 120 Å². The third-order valence-electron chi connectivity index (χ3n) is 3.41. The van der Waals surface area contributed by atoms with E-state index in [1.165, 1.54) is 7.11 Å². The number of ether oxygens (including phenoxy) is 1. The Balaban J connectivity index is 1.96. The number of alkyl halides is 1. The quantitative estimate of drug-likeness (QED) is 0.663. The molecule has 0 bridgehead atoms. The fourth-order valence-electron chi connectivity index (χ4n) is 2.09. The maximum Gasteiger partial charge on any atom is 0.321 e. The van der Waals surface area contributed by atoms with E-state index in [4.69, 9.17) is 0 Å². The van der Waals surface area contributed by atoms with Gasteiger partial charge in [0.05, 0.1) is 12.5 Å². The fourth-order valence-corrected chi connectivity index (χ4v) is 2.44. The number of carbonyl (C=O) groups is 2. The Morgan fingerprint density at radius 3 is 2.53 bits per heavy atom. The standard InChI is InChI=1S/C14H16BrNO3/c1-19-12(17)11(15)9-16-13(18)14(7-8-14)10-5-3-2-4-6-10/h2-6,11H,7-9H2,1H3,(H,16,18). The zero-order valence-electron chi connectivity index (χ0n) is 10.7. The van der Waals surface area contributed by atoms with Crippen LogP contribution < -0.4 is 5.32 Å². The molecule has 5 heteroatoms. The largest absolute Gasteiger partial charge is 0.468 e. The van der Waals surface area contributed by atoms with Crippen molar-refractivity contribution in [2.24, 2.45) is 0 Å². The molecule has 19 heavy (non-hydrogen) atoms. The lowest BCUT2D eigenvalue weighted by Gasteiger charge is -2.16. The number of hydrogen-bond donors (Lipinski definition) is 1. The van der Waals surface area contributed by atoms with Crippen LogP contribution in [-0.4, -0.2) is 30.4 Å². The lowest BCUT2D eigenvalue weighted by Crippen LogP contribution is -2.40. The molecule has 1 aromatic rings. The van der Waals surface area contributed by atoms with Gasteiger partial charge in [0.25, 0.3) is 0 Å². The van der Waals surface area contributed by atoms with Crippen molar-refractivity contribution < 1.29 is 14.3 Å². The summed E-state index contributed by atoms with van der Waals surface area (Å²) in [5, 5.41) is 2.81. The van der Waals surface area contributed by atoms with E-state index < -0.39 is 10.2 Å². The zero-order valence-corrected chi connectivity index (χ0v) is 12.3. The number of benzene rings is 1. The lowest BCUT2D eigenvalue weighted by atomic mass is 9.95. The summed E-state index contributed by atoms with van der Waals surface area (Å²) in [4.78, 5) is 23.0. The van der Waals surface area contributed by atoms with Gasteiger partial charge in [0.1, 0.15) is 4.83 Å². The van der Waals surface area contributed by atoms with Crippen LogP contribution in [0.3, 0.4) is 0 Å². The number of amides is 1. The molecule has 1 N–H and O–H groups in total. The Morgan fingerprint density at radius 2 is 2.00 bits per heavy atom. The van der Waals surface area contributed by atoms with Crippen molar-refractivity contribution in [2.45, 2.75) is 23.1 Å². The number of rotatable bonds is 5. The molecular formula is C14H16BrNO3. The molecule has 1 unspecified atom stereocenters. The molecule has 1 fully saturated rings. The Kier molecular flexibility index (Phi) is 4.24. The van der Waals surface area contributed by atoms with Gasteiger partial charge < -0.3 is 10.1 Å². The molecule has 1 aromatic carbocycles. The first-order chi connectivity index (χ1) is 9.10. The highest BCUT2D eigenvalue weighted by Crippen LogP contribution is 2.48. The smallest absolute Gasteiger partial charge is 0.321 e. The van der Waals surface area contributed by atoms with Crippen LogP contribution in [0.1, 0.15) is 18.4 Å². The number of hydrogen-bond acceptors (Lipinski definition) is 3. The summed E-state index contributed by atoms with van der Waals surface area (Å²) in [5.41, 5.74) is 0.640. The normalized spacial score (nSPS) is 17.4. The van der Waals surface area contributed by atoms with Gasteiger partial charge in [0.15, 0.2) is 0 Å². The number of esters is 1. The first kappa shape index (κ1) is 14.1. The van der Waals surface area contributed by atoms with Crippen LogP contribution in [0, 0.1) is 0 Å². The van der Waals surface area contributed by atoms with Gasteiger partial charge in [-0.1, -0.05) is 46.3 Å². The van der Waals surface area contributed by atoms with Gasteiger partial charge in [-0.3, -0.25) is 9.59 Å². The van der Waals surface area contributed by atoms with Gasteiger partial charge in [-0.05, 0) is 18.4 Å². The van der Waals surface area contributed by atoms with Crippen LogP contribution in [0.4, 0.5) is 0 Å². The van der Waals surface area contributed by atoms with Crippen molar-refractivity contribution in [3.8, 4) is 0 Å². The van der Waals surface area contributed by atoms with Gasteiger partial charge in [-0.15, -0.1) is 0 Å². The van der Waals surface area contributed by atoms with E-state index in [0.29, 0.717) is 0 Å². The number of halogens is 1. The molecule has 0 heterocycles. The summed E-state index contributed by atoms with van der Waals surface area (Å²) in [6, 6.07) is 9.75. The summed E-state index contributed by atoms with van der Waals surface area (Å²) in [5.74, 6) is -0.406. The second kappa shape index (κ2) is 5.74. The van der Waals surface area contributed by atoms with Gasteiger partial charge in [0, 0.05) is 6.54 Å². The minimum atomic E-state index is -0.506. The minimum absolute atomic E-state index is 0.0212. The van der Waals surface area contributed by atoms with Crippen molar-refractivity contribution in [1.29, 1.82) is 0 Å². The van der Waals surface area contributed by atoms with Gasteiger partial charge in [0.2, 0.25) is 5.91 Å². The van der Waals surface area contributed by atoms with Crippen LogP contribution in [0.2, 0.25) is 0 Å². The van der Waals surface area contributed by atoms with Crippen molar-refractivity contribution in [1.82, 2.24) is 5.32 Å². The molecule has 102 valence electrons. The predicted octanol–water partition coefficient (Wildman–Crippen LogP) is 1.77. The van der Waals surface area contributed by atoms with Crippen LogP contribution in [0.25, 0.3) is 0 Å². The van der Waals surface area contributed by atoms with Gasteiger partial charge >= 0.3 is 5.97 Å². The van der Waals surface area contributed by atoms with E-state index in [2.05, 4.69) is 26.0 Å². The van der Waals surface area contributed by atoms with E-state index in [1.807, 2.05) is 30.3 Å². The van der Waals surface area contributed by atoms with E-state index in [-0.39, 0.29) is 18.4 Å². The molecule has 0 saturated heterocycles. The summed E-state index contributed by atoms with van der Waals surface area (Å²) >= 11 is 3.19. The van der Waals surface area contributed by atoms with Crippen LogP contribution >= 0.6 is 15.9 Å². The first-order valence-corrected chi connectivity index (χ1v) is 7.07. The number of carbonyl (C=O) groups excluding carboxylic acids is 2. The zero-order chi connectivity index (χ0) is 13.9. The molecule has 1 atom stereocenters. The molecule has 0 spiro atoms. The molecule has 1 amide bonds. The number of methoxy groups -OCH3 is 1. The first-order valence-electron chi connectivity index (χ1n) is 6.16. The maximum atomic E-state index is 12.3. The third kappa shape index (κ3) is 2.97. The fraction of sp³-hybridized carbons (Fsp3) is 0.429. The highest BCUT2D eigenvalue weighted by Gasteiger charge is 2.51. The van der Waals surface area contributed by atoms with Crippen LogP contribution in [-0.2, 0) is 19.7 Å². The Hall–Kier alpha value is -1.36. The second-order valence-corrected chi connectivity index (χ2v) is 5.75. The molecule has 4 nitrogen and oxygen atoms in total. The average molecular weight is 326 g/mol. The highest BCUT2D eigenvalue weighted by molar-refractivity contribution is 9.10. The summed E-state index contributed by atoms with van der Waals surface area (Å²) in [6.45, 7) is 0.236. The van der Waals surface area contributed by atoms with Gasteiger partial charge in [-0.2, -0.15) is 0 Å². The molecule has 2 rings (SSSR count). The lowest BCUT2D eigenvalue weighted by molar-refractivity contribution is -0.139. The summed E-state index contributed by atoms with van der Waals surface area (Å²) < 4.78 is 4.59. The molecule has 1 aliphatic rings. The molecule has 0 aromatic heterocycles. The summed E-state index contributed by atoms with van der Waals surface area (Å²) in [7, 11) is 1.32. The second-order valence-electron chi connectivity index (χ2n) is 4.65. The Bertz CT molecular complexity index is 471. The van der Waals surface area contributed by atoms with E-state index in [1.54, 1.807) is 0 Å². The molecule has 0 radical (unpaired) electrons. The monoisotopic (exact) mass is 325 g/mol. The highest BCUT2D eigenvalue weighted by atomic mass is 79.9. The van der Waals surface area contributed by atoms with Crippen molar-refractivity contribution in [2.75, 3.05) is 13.7 Å². The van der Waals surface area contributed by atoms with E-state index in [0.717, 1.165) is 18.4 Å². The third-order valence-corrected chi connectivity index (χ3v) is 4.11. The molecule has 0 aliphatic heterocycles. The molecular weight excluding hydrogens is 310 g/mol. The van der Waals surface area contributed by atoms with E-state index in [9.17, 15) is 9.59 Å². The Morgan fingerprint density at radius 1 is 1.37 bits per heavy atom. The van der Waals surface area contributed by atoms with Crippen LogP contribution in [0.5, 0.6) is 0 Å². The maximum absolute atomic E-state index is 12.3. The molecule has 1 saturated carbocycles. The van der Waals surface area contributed by atoms with E-state index >= 15 is 0 Å².